The summed E-state index contributed by atoms with van der Waals surface area (Å²) in [5.74, 6) is -1.09. The van der Waals surface area contributed by atoms with Gasteiger partial charge in [0.2, 0.25) is 0 Å². The number of fused-ring (bicyclic) bond motifs is 1. The minimum absolute atomic E-state index is 0.0122. The number of alkyl halides is 3. The first-order valence-corrected chi connectivity index (χ1v) is 14.2. The summed E-state index contributed by atoms with van der Waals surface area (Å²) in [7, 11) is 5.23. The second kappa shape index (κ2) is 11.7. The van der Waals surface area contributed by atoms with Crippen molar-refractivity contribution in [1.82, 2.24) is 19.8 Å². The zero-order chi connectivity index (χ0) is 30.4. The lowest BCUT2D eigenvalue weighted by Crippen LogP contribution is -2.45. The molecule has 0 N–H and O–H groups in total. The normalized spacial score (nSPS) is 23.9. The van der Waals surface area contributed by atoms with Crippen LogP contribution in [0.4, 0.5) is 28.2 Å². The molecule has 0 unspecified atom stereocenters. The number of methoxy groups -OCH3 is 1. The van der Waals surface area contributed by atoms with Crippen molar-refractivity contribution in [2.75, 3.05) is 45.8 Å². The summed E-state index contributed by atoms with van der Waals surface area (Å²) >= 11 is 2.77. The van der Waals surface area contributed by atoms with Crippen LogP contribution in [0, 0.1) is 5.82 Å². The maximum absolute atomic E-state index is 15.5. The van der Waals surface area contributed by atoms with Gasteiger partial charge in [-0.05, 0) is 69.6 Å². The van der Waals surface area contributed by atoms with Crippen molar-refractivity contribution in [3.63, 3.8) is 0 Å². The molecular weight excluding hydrogens is 614 g/mol. The molecule has 41 heavy (non-hydrogen) atoms. The molecule has 1 aromatic heterocycles. The quantitative estimate of drug-likeness (QED) is 0.381. The minimum Gasteiger partial charge on any atom is -0.462 e. The monoisotopic (exact) mass is 649 g/mol. The number of halogens is 5. The first kappa shape index (κ1) is 31.5. The van der Waals surface area contributed by atoms with E-state index >= 15 is 4.39 Å². The number of carbonyl (C=O) groups excluding carboxylic acids is 1. The molecule has 1 aromatic carbocycles. The number of rotatable bonds is 6. The summed E-state index contributed by atoms with van der Waals surface area (Å²) in [5, 5.41) is -0.117. The lowest BCUT2D eigenvalue weighted by Gasteiger charge is -2.33. The topological polar surface area (TPSA) is 80.3 Å². The van der Waals surface area contributed by atoms with Crippen LogP contribution in [0.3, 0.4) is 0 Å². The summed E-state index contributed by atoms with van der Waals surface area (Å²) < 4.78 is 73.2. The highest BCUT2D eigenvalue weighted by Crippen LogP contribution is 2.42. The molecule has 2 aliphatic heterocycles. The molecule has 0 bridgehead atoms. The third-order valence-corrected chi connectivity index (χ3v) is 8.47. The highest BCUT2D eigenvalue weighted by molar-refractivity contribution is 9.10. The van der Waals surface area contributed by atoms with Gasteiger partial charge in [-0.3, -0.25) is 4.90 Å². The molecule has 4 rings (SSSR count). The van der Waals surface area contributed by atoms with Crippen molar-refractivity contribution in [3.05, 3.63) is 21.9 Å². The van der Waals surface area contributed by atoms with E-state index < -0.39 is 33.7 Å². The second-order valence-corrected chi connectivity index (χ2v) is 12.4. The van der Waals surface area contributed by atoms with Crippen molar-refractivity contribution in [3.8, 4) is 6.01 Å². The Balaban J connectivity index is 1.72. The number of aromatic nitrogens is 2. The van der Waals surface area contributed by atoms with Gasteiger partial charge in [-0.2, -0.15) is 23.1 Å². The van der Waals surface area contributed by atoms with Gasteiger partial charge in [0.25, 0.3) is 0 Å². The van der Waals surface area contributed by atoms with E-state index in [0.29, 0.717) is 25.9 Å². The molecule has 2 fully saturated rings. The standard InChI is InChI=1S/C27H36BrF4N5O4/c1-14-19(8-9-37(14)25(38)41-26(2,3)4)36(6)23-17-11-18(27(30,31)32)20(28)21(29)22(17)33-24(34-23)40-13-15-10-16(39-7)12-35(15)5/h11,14-16,19H,8-10,12-13H2,1-7H3/t14-,15+,16-,19-/m1/s1. The van der Waals surface area contributed by atoms with Crippen LogP contribution in [0.1, 0.15) is 46.1 Å². The van der Waals surface area contributed by atoms with E-state index in [-0.39, 0.29) is 53.6 Å². The summed E-state index contributed by atoms with van der Waals surface area (Å²) in [4.78, 5) is 26.8. The Morgan fingerprint density at radius 3 is 2.51 bits per heavy atom. The van der Waals surface area contributed by atoms with E-state index in [2.05, 4.69) is 30.8 Å². The van der Waals surface area contributed by atoms with Gasteiger partial charge in [-0.15, -0.1) is 0 Å². The third-order valence-electron chi connectivity index (χ3n) is 7.70. The van der Waals surface area contributed by atoms with Crippen molar-refractivity contribution < 1.29 is 36.6 Å². The SMILES string of the molecule is CO[C@@H]1C[C@@H](COc2nc(N(C)[C@@H]3CCN(C(=O)OC(C)(C)C)[C@@H]3C)c3cc(C(F)(F)F)c(Br)c(F)c3n2)N(C)C1. The van der Waals surface area contributed by atoms with E-state index in [1.807, 2.05) is 14.0 Å². The first-order valence-electron chi connectivity index (χ1n) is 13.4. The average Bonchev–Trinajstić information content (AvgIpc) is 3.44. The lowest BCUT2D eigenvalue weighted by molar-refractivity contribution is -0.138. The Labute approximate surface area is 245 Å². The third kappa shape index (κ3) is 6.64. The smallest absolute Gasteiger partial charge is 0.417 e. The molecule has 3 heterocycles. The minimum atomic E-state index is -4.82. The maximum atomic E-state index is 15.5. The Morgan fingerprint density at radius 2 is 1.93 bits per heavy atom. The summed E-state index contributed by atoms with van der Waals surface area (Å²) in [6.45, 7) is 8.42. The van der Waals surface area contributed by atoms with Gasteiger partial charge in [-0.25, -0.2) is 9.18 Å². The van der Waals surface area contributed by atoms with Crippen LogP contribution in [-0.4, -0.2) is 96.6 Å². The Bertz CT molecular complexity index is 1290. The van der Waals surface area contributed by atoms with Crippen LogP contribution in [0.15, 0.2) is 10.5 Å². The fourth-order valence-corrected chi connectivity index (χ4v) is 5.98. The molecule has 0 spiro atoms. The number of hydrogen-bond donors (Lipinski definition) is 0. The van der Waals surface area contributed by atoms with Crippen LogP contribution >= 0.6 is 15.9 Å². The van der Waals surface area contributed by atoms with Gasteiger partial charge < -0.3 is 24.0 Å². The van der Waals surface area contributed by atoms with Crippen molar-refractivity contribution in [2.24, 2.45) is 0 Å². The van der Waals surface area contributed by atoms with Crippen molar-refractivity contribution >= 4 is 38.7 Å². The summed E-state index contributed by atoms with van der Waals surface area (Å²) in [6.07, 6.45) is -4.06. The molecule has 9 nitrogen and oxygen atoms in total. The van der Waals surface area contributed by atoms with Gasteiger partial charge in [0.05, 0.1) is 28.2 Å². The van der Waals surface area contributed by atoms with Crippen molar-refractivity contribution in [1.29, 1.82) is 0 Å². The predicted octanol–water partition coefficient (Wildman–Crippen LogP) is 5.48. The van der Waals surface area contributed by atoms with E-state index in [1.165, 1.54) is 0 Å². The average molecular weight is 651 g/mol. The number of amides is 1. The molecule has 2 aliphatic rings. The molecule has 14 heteroatoms. The predicted molar refractivity (Wildman–Crippen MR) is 149 cm³/mol. The van der Waals surface area contributed by atoms with Crippen molar-refractivity contribution in [2.45, 2.75) is 76.5 Å². The fourth-order valence-electron chi connectivity index (χ4n) is 5.45. The first-order chi connectivity index (χ1) is 19.0. The number of carbonyl (C=O) groups is 1. The van der Waals surface area contributed by atoms with Crippen LogP contribution in [0.25, 0.3) is 10.9 Å². The van der Waals surface area contributed by atoms with Crippen LogP contribution in [0.2, 0.25) is 0 Å². The number of nitrogens with zero attached hydrogens (tertiary/aromatic N) is 5. The molecule has 228 valence electrons. The highest BCUT2D eigenvalue weighted by atomic mass is 79.9. The van der Waals surface area contributed by atoms with E-state index in [1.54, 1.807) is 44.7 Å². The molecule has 0 saturated carbocycles. The van der Waals surface area contributed by atoms with Gasteiger partial charge in [0, 0.05) is 38.7 Å². The molecule has 4 atom stereocenters. The number of likely N-dealkylation sites (tertiary alicyclic amines) is 2. The second-order valence-electron chi connectivity index (χ2n) is 11.7. The number of hydrogen-bond acceptors (Lipinski definition) is 8. The number of benzene rings is 1. The molecule has 0 radical (unpaired) electrons. The zero-order valence-corrected chi connectivity index (χ0v) is 25.8. The summed E-state index contributed by atoms with van der Waals surface area (Å²) in [5.41, 5.74) is -2.17. The molecule has 1 amide bonds. The Hall–Kier alpha value is -2.45. The van der Waals surface area contributed by atoms with E-state index in [4.69, 9.17) is 14.2 Å². The van der Waals surface area contributed by atoms with Gasteiger partial charge in [0.1, 0.15) is 23.5 Å². The molecule has 0 aliphatic carbocycles. The van der Waals surface area contributed by atoms with Crippen LogP contribution < -0.4 is 9.64 Å². The lowest BCUT2D eigenvalue weighted by atomic mass is 10.1. The molecule has 2 aromatic rings. The van der Waals surface area contributed by atoms with Gasteiger partial charge in [-0.1, -0.05) is 0 Å². The summed E-state index contributed by atoms with van der Waals surface area (Å²) in [6, 6.07) is -0.0459. The van der Waals surface area contributed by atoms with Gasteiger partial charge in [0.15, 0.2) is 5.82 Å². The number of ether oxygens (including phenoxy) is 3. The zero-order valence-electron chi connectivity index (χ0n) is 24.2. The van der Waals surface area contributed by atoms with Gasteiger partial charge >= 0.3 is 18.3 Å². The maximum Gasteiger partial charge on any atom is 0.417 e. The Kier molecular flexibility index (Phi) is 8.97. The number of likely N-dealkylation sites (N-methyl/N-ethyl adjacent to an activating group) is 2. The van der Waals surface area contributed by atoms with E-state index in [9.17, 15) is 18.0 Å². The fraction of sp³-hybridized carbons (Fsp3) is 0.667. The van der Waals surface area contributed by atoms with Crippen LogP contribution in [0.5, 0.6) is 6.01 Å². The number of anilines is 1. The highest BCUT2D eigenvalue weighted by Gasteiger charge is 2.41. The largest absolute Gasteiger partial charge is 0.462 e. The molecular formula is C27H36BrF4N5O4. The van der Waals surface area contributed by atoms with E-state index in [0.717, 1.165) is 6.07 Å². The Morgan fingerprint density at radius 1 is 1.24 bits per heavy atom. The molecule has 2 saturated heterocycles. The van der Waals surface area contributed by atoms with Crippen LogP contribution in [-0.2, 0) is 15.7 Å².